The fourth-order valence-corrected chi connectivity index (χ4v) is 2.46. The lowest BCUT2D eigenvalue weighted by atomic mass is 10.1. The summed E-state index contributed by atoms with van der Waals surface area (Å²) in [6.45, 7) is 2.21. The SMILES string of the molecule is CCCCCC[C@@H](O)CC=CCCCCCCCC(=O)OC. The third-order valence-electron chi connectivity index (χ3n) is 3.95. The fourth-order valence-electron chi connectivity index (χ4n) is 2.46. The van der Waals surface area contributed by atoms with Crippen LogP contribution in [0.25, 0.3) is 0 Å². The van der Waals surface area contributed by atoms with Crippen molar-refractivity contribution in [3.63, 3.8) is 0 Å². The first-order valence-corrected chi connectivity index (χ1v) is 9.10. The summed E-state index contributed by atoms with van der Waals surface area (Å²) < 4.78 is 4.61. The Kier molecular flexibility index (Phi) is 15.9. The summed E-state index contributed by atoms with van der Waals surface area (Å²) in [5.41, 5.74) is 0. The van der Waals surface area contributed by atoms with E-state index in [-0.39, 0.29) is 12.1 Å². The smallest absolute Gasteiger partial charge is 0.305 e. The average Bonchev–Trinajstić information content (AvgIpc) is 2.53. The Morgan fingerprint density at radius 2 is 1.68 bits per heavy atom. The van der Waals surface area contributed by atoms with Crippen LogP contribution in [0.1, 0.15) is 90.4 Å². The van der Waals surface area contributed by atoms with Gasteiger partial charge in [-0.25, -0.2) is 0 Å². The number of esters is 1. The van der Waals surface area contributed by atoms with Gasteiger partial charge < -0.3 is 9.84 Å². The number of aliphatic hydroxyl groups excluding tert-OH is 1. The van der Waals surface area contributed by atoms with E-state index in [0.717, 1.165) is 38.5 Å². The molecule has 0 aliphatic carbocycles. The zero-order valence-corrected chi connectivity index (χ0v) is 14.7. The lowest BCUT2D eigenvalue weighted by Gasteiger charge is -2.07. The van der Waals surface area contributed by atoms with E-state index in [0.29, 0.717) is 6.42 Å². The average molecular weight is 312 g/mol. The normalized spacial score (nSPS) is 12.7. The summed E-state index contributed by atoms with van der Waals surface area (Å²) in [5, 5.41) is 9.82. The summed E-state index contributed by atoms with van der Waals surface area (Å²) in [7, 11) is 1.44. The molecule has 1 N–H and O–H groups in total. The van der Waals surface area contributed by atoms with Crippen LogP contribution < -0.4 is 0 Å². The van der Waals surface area contributed by atoms with Gasteiger partial charge in [0.1, 0.15) is 0 Å². The van der Waals surface area contributed by atoms with Crippen LogP contribution >= 0.6 is 0 Å². The molecule has 0 rings (SSSR count). The quantitative estimate of drug-likeness (QED) is 0.258. The van der Waals surface area contributed by atoms with Crippen molar-refractivity contribution in [3.8, 4) is 0 Å². The minimum absolute atomic E-state index is 0.101. The summed E-state index contributed by atoms with van der Waals surface area (Å²) in [6.07, 6.45) is 18.1. The Morgan fingerprint density at radius 3 is 2.41 bits per heavy atom. The Bertz CT molecular complexity index is 274. The van der Waals surface area contributed by atoms with Crippen LogP contribution in [0.2, 0.25) is 0 Å². The number of carbonyl (C=O) groups excluding carboxylic acids is 1. The first-order chi connectivity index (χ1) is 10.7. The molecule has 0 spiro atoms. The molecule has 0 bridgehead atoms. The molecule has 0 radical (unpaired) electrons. The van der Waals surface area contributed by atoms with Gasteiger partial charge in [0, 0.05) is 6.42 Å². The van der Waals surface area contributed by atoms with E-state index in [1.165, 1.54) is 45.6 Å². The topological polar surface area (TPSA) is 46.5 Å². The van der Waals surface area contributed by atoms with Crippen LogP contribution in [-0.2, 0) is 9.53 Å². The van der Waals surface area contributed by atoms with E-state index in [2.05, 4.69) is 23.8 Å². The van der Waals surface area contributed by atoms with Crippen LogP contribution in [0.5, 0.6) is 0 Å². The van der Waals surface area contributed by atoms with Crippen molar-refractivity contribution in [1.29, 1.82) is 0 Å². The zero-order chi connectivity index (χ0) is 16.5. The van der Waals surface area contributed by atoms with E-state index in [1.54, 1.807) is 0 Å². The molecule has 0 aromatic heterocycles. The maximum Gasteiger partial charge on any atom is 0.305 e. The largest absolute Gasteiger partial charge is 0.469 e. The van der Waals surface area contributed by atoms with Gasteiger partial charge in [-0.2, -0.15) is 0 Å². The number of methoxy groups -OCH3 is 1. The Morgan fingerprint density at radius 1 is 1.00 bits per heavy atom. The first kappa shape index (κ1) is 21.2. The van der Waals surface area contributed by atoms with Crippen molar-refractivity contribution in [2.45, 2.75) is 96.5 Å². The van der Waals surface area contributed by atoms with Crippen molar-refractivity contribution in [2.75, 3.05) is 7.11 Å². The monoisotopic (exact) mass is 312 g/mol. The van der Waals surface area contributed by atoms with Crippen molar-refractivity contribution in [1.82, 2.24) is 0 Å². The van der Waals surface area contributed by atoms with Crippen LogP contribution in [0.3, 0.4) is 0 Å². The molecule has 3 heteroatoms. The van der Waals surface area contributed by atoms with E-state index in [9.17, 15) is 9.90 Å². The molecular weight excluding hydrogens is 276 g/mol. The van der Waals surface area contributed by atoms with E-state index in [1.807, 2.05) is 0 Å². The van der Waals surface area contributed by atoms with Gasteiger partial charge in [-0.15, -0.1) is 0 Å². The van der Waals surface area contributed by atoms with Gasteiger partial charge in [0.05, 0.1) is 13.2 Å². The molecule has 0 saturated carbocycles. The number of ether oxygens (including phenoxy) is 1. The maximum atomic E-state index is 10.9. The second-order valence-corrected chi connectivity index (χ2v) is 6.09. The van der Waals surface area contributed by atoms with Crippen molar-refractivity contribution < 1.29 is 14.6 Å². The number of carbonyl (C=O) groups is 1. The van der Waals surface area contributed by atoms with Crippen molar-refractivity contribution in [2.24, 2.45) is 0 Å². The molecule has 3 nitrogen and oxygen atoms in total. The molecule has 0 heterocycles. The van der Waals surface area contributed by atoms with Gasteiger partial charge >= 0.3 is 5.97 Å². The third kappa shape index (κ3) is 15.6. The number of hydrogen-bond donors (Lipinski definition) is 1. The number of hydrogen-bond acceptors (Lipinski definition) is 3. The third-order valence-corrected chi connectivity index (χ3v) is 3.95. The van der Waals surface area contributed by atoms with Gasteiger partial charge in [0.15, 0.2) is 0 Å². The molecular formula is C19H36O3. The van der Waals surface area contributed by atoms with E-state index < -0.39 is 0 Å². The van der Waals surface area contributed by atoms with Crippen molar-refractivity contribution in [3.05, 3.63) is 12.2 Å². The van der Waals surface area contributed by atoms with Gasteiger partial charge in [-0.3, -0.25) is 4.79 Å². The predicted molar refractivity (Wildman–Crippen MR) is 92.9 cm³/mol. The maximum absolute atomic E-state index is 10.9. The van der Waals surface area contributed by atoms with Crippen LogP contribution in [0.15, 0.2) is 12.2 Å². The molecule has 0 aliphatic rings. The summed E-state index contributed by atoms with van der Waals surface area (Å²) >= 11 is 0. The highest BCUT2D eigenvalue weighted by atomic mass is 16.5. The van der Waals surface area contributed by atoms with E-state index >= 15 is 0 Å². The van der Waals surface area contributed by atoms with Gasteiger partial charge in [-0.05, 0) is 32.1 Å². The highest BCUT2D eigenvalue weighted by Gasteiger charge is 2.01. The first-order valence-electron chi connectivity index (χ1n) is 9.10. The minimum atomic E-state index is -0.161. The zero-order valence-electron chi connectivity index (χ0n) is 14.7. The molecule has 0 aliphatic heterocycles. The lowest BCUT2D eigenvalue weighted by Crippen LogP contribution is -2.04. The summed E-state index contributed by atoms with van der Waals surface area (Å²) in [4.78, 5) is 10.9. The molecule has 0 aromatic rings. The second kappa shape index (κ2) is 16.5. The van der Waals surface area contributed by atoms with Crippen molar-refractivity contribution >= 4 is 5.97 Å². The lowest BCUT2D eigenvalue weighted by molar-refractivity contribution is -0.140. The molecule has 0 unspecified atom stereocenters. The highest BCUT2D eigenvalue weighted by molar-refractivity contribution is 5.68. The molecule has 22 heavy (non-hydrogen) atoms. The van der Waals surface area contributed by atoms with Crippen LogP contribution in [0.4, 0.5) is 0 Å². The van der Waals surface area contributed by atoms with Crippen LogP contribution in [-0.4, -0.2) is 24.3 Å². The molecule has 0 amide bonds. The Labute approximate surface area is 137 Å². The minimum Gasteiger partial charge on any atom is -0.469 e. The number of aliphatic hydroxyl groups is 1. The fraction of sp³-hybridized carbons (Fsp3) is 0.842. The summed E-state index contributed by atoms with van der Waals surface area (Å²) in [5.74, 6) is -0.101. The van der Waals surface area contributed by atoms with Gasteiger partial charge in [0.2, 0.25) is 0 Å². The molecule has 0 fully saturated rings. The second-order valence-electron chi connectivity index (χ2n) is 6.09. The highest BCUT2D eigenvalue weighted by Crippen LogP contribution is 2.10. The predicted octanol–water partition coefficient (Wildman–Crippen LogP) is 5.17. The van der Waals surface area contributed by atoms with Gasteiger partial charge in [0.25, 0.3) is 0 Å². The Balaban J connectivity index is 3.28. The van der Waals surface area contributed by atoms with E-state index in [4.69, 9.17) is 0 Å². The molecule has 0 aromatic carbocycles. The molecule has 0 saturated heterocycles. The summed E-state index contributed by atoms with van der Waals surface area (Å²) in [6, 6.07) is 0. The Hall–Kier alpha value is -0.830. The molecule has 1 atom stereocenters. The van der Waals surface area contributed by atoms with Crippen LogP contribution in [0, 0.1) is 0 Å². The van der Waals surface area contributed by atoms with Gasteiger partial charge in [-0.1, -0.05) is 64.0 Å². The molecule has 130 valence electrons. The number of unbranched alkanes of at least 4 members (excludes halogenated alkanes) is 8. The standard InChI is InChI=1S/C19H36O3/c1-3-4-5-12-15-18(20)16-13-10-8-6-7-9-11-14-17-19(21)22-2/h10,13,18,20H,3-9,11-12,14-17H2,1-2H3/t18-/m1/s1. The number of rotatable bonds is 15. The number of allylic oxidation sites excluding steroid dienone is 1.